The third-order valence-corrected chi connectivity index (χ3v) is 2.40. The van der Waals surface area contributed by atoms with Gasteiger partial charge in [-0.25, -0.2) is 4.79 Å². The predicted octanol–water partition coefficient (Wildman–Crippen LogP) is 1.27. The summed E-state index contributed by atoms with van der Waals surface area (Å²) in [6, 6.07) is 0. The molecule has 1 atom stereocenters. The van der Waals surface area contributed by atoms with E-state index in [0.29, 0.717) is 12.0 Å². The quantitative estimate of drug-likeness (QED) is 0.624. The van der Waals surface area contributed by atoms with E-state index < -0.39 is 12.1 Å². The van der Waals surface area contributed by atoms with E-state index in [2.05, 4.69) is 18.6 Å². The molecule has 0 saturated heterocycles. The number of aliphatic hydroxyl groups excluding tert-OH is 1. The topological polar surface area (TPSA) is 46.5 Å². The highest BCUT2D eigenvalue weighted by Crippen LogP contribution is 2.34. The molecule has 1 aliphatic rings. The van der Waals surface area contributed by atoms with Crippen molar-refractivity contribution in [2.24, 2.45) is 5.41 Å². The molecule has 0 aromatic carbocycles. The smallest absolute Gasteiger partial charge is 0.336 e. The van der Waals surface area contributed by atoms with E-state index in [1.807, 2.05) is 0 Å². The molecule has 74 valence electrons. The van der Waals surface area contributed by atoms with Crippen LogP contribution >= 0.6 is 0 Å². The van der Waals surface area contributed by atoms with Crippen LogP contribution in [0.4, 0.5) is 0 Å². The van der Waals surface area contributed by atoms with E-state index in [1.165, 1.54) is 7.11 Å². The van der Waals surface area contributed by atoms with Gasteiger partial charge in [-0.1, -0.05) is 19.9 Å². The third kappa shape index (κ3) is 2.31. The van der Waals surface area contributed by atoms with Crippen LogP contribution in [0.2, 0.25) is 0 Å². The van der Waals surface area contributed by atoms with Crippen molar-refractivity contribution in [2.45, 2.75) is 32.8 Å². The van der Waals surface area contributed by atoms with E-state index in [4.69, 9.17) is 0 Å². The SMILES string of the molecule is COC(=O)C1=CCC(C)(C)CC1O. The number of hydrogen-bond acceptors (Lipinski definition) is 3. The molecule has 0 saturated carbocycles. The molecular weight excluding hydrogens is 168 g/mol. The predicted molar refractivity (Wildman–Crippen MR) is 49.1 cm³/mol. The summed E-state index contributed by atoms with van der Waals surface area (Å²) in [5.74, 6) is -0.414. The minimum atomic E-state index is -0.670. The van der Waals surface area contributed by atoms with E-state index in [9.17, 15) is 9.90 Å². The first-order chi connectivity index (χ1) is 5.96. The van der Waals surface area contributed by atoms with Gasteiger partial charge in [-0.3, -0.25) is 0 Å². The Balaban J connectivity index is 2.78. The van der Waals surface area contributed by atoms with E-state index in [-0.39, 0.29) is 5.41 Å². The Kier molecular flexibility index (Phi) is 2.76. The van der Waals surface area contributed by atoms with Crippen molar-refractivity contribution < 1.29 is 14.6 Å². The van der Waals surface area contributed by atoms with Crippen LogP contribution in [0, 0.1) is 5.41 Å². The van der Waals surface area contributed by atoms with E-state index in [0.717, 1.165) is 6.42 Å². The third-order valence-electron chi connectivity index (χ3n) is 2.40. The van der Waals surface area contributed by atoms with E-state index >= 15 is 0 Å². The fourth-order valence-electron chi connectivity index (χ4n) is 1.58. The molecule has 0 bridgehead atoms. The minimum absolute atomic E-state index is 0.0803. The Hall–Kier alpha value is -0.830. The largest absolute Gasteiger partial charge is 0.466 e. The molecule has 0 aliphatic heterocycles. The summed E-state index contributed by atoms with van der Waals surface area (Å²) >= 11 is 0. The van der Waals surface area contributed by atoms with Gasteiger partial charge in [-0.2, -0.15) is 0 Å². The summed E-state index contributed by atoms with van der Waals surface area (Å²) in [5, 5.41) is 9.64. The molecule has 0 aromatic heterocycles. The van der Waals surface area contributed by atoms with Crippen molar-refractivity contribution >= 4 is 5.97 Å². The summed E-state index contributed by atoms with van der Waals surface area (Å²) in [6.45, 7) is 4.14. The minimum Gasteiger partial charge on any atom is -0.466 e. The maximum Gasteiger partial charge on any atom is 0.336 e. The van der Waals surface area contributed by atoms with Gasteiger partial charge in [0.05, 0.1) is 18.8 Å². The Morgan fingerprint density at radius 2 is 2.31 bits per heavy atom. The maximum atomic E-state index is 11.1. The van der Waals surface area contributed by atoms with Crippen molar-refractivity contribution in [3.05, 3.63) is 11.6 Å². The lowest BCUT2D eigenvalue weighted by Gasteiger charge is -2.31. The molecule has 1 rings (SSSR count). The molecule has 3 heteroatoms. The standard InChI is InChI=1S/C10H16O3/c1-10(2)5-4-7(8(11)6-10)9(12)13-3/h4,8,11H,5-6H2,1-3H3. The summed E-state index contributed by atoms with van der Waals surface area (Å²) in [7, 11) is 1.33. The molecular formula is C10H16O3. The van der Waals surface area contributed by atoms with Crippen LogP contribution in [0.3, 0.4) is 0 Å². The van der Waals surface area contributed by atoms with E-state index in [1.54, 1.807) is 6.08 Å². The Bertz CT molecular complexity index is 241. The van der Waals surface area contributed by atoms with Crippen molar-refractivity contribution in [3.8, 4) is 0 Å². The molecule has 0 fully saturated rings. The van der Waals surface area contributed by atoms with Crippen LogP contribution in [0.25, 0.3) is 0 Å². The number of allylic oxidation sites excluding steroid dienone is 1. The number of ether oxygens (including phenoxy) is 1. The van der Waals surface area contributed by atoms with Crippen LogP contribution < -0.4 is 0 Å². The molecule has 1 N–H and O–H groups in total. The number of aliphatic hydroxyl groups is 1. The van der Waals surface area contributed by atoms with Gasteiger partial charge in [-0.05, 0) is 18.3 Å². The van der Waals surface area contributed by atoms with Gasteiger partial charge in [0, 0.05) is 0 Å². The second-order valence-electron chi connectivity index (χ2n) is 4.24. The molecule has 13 heavy (non-hydrogen) atoms. The lowest BCUT2D eigenvalue weighted by Crippen LogP contribution is -2.30. The summed E-state index contributed by atoms with van der Waals surface area (Å²) in [4.78, 5) is 11.1. The summed E-state index contributed by atoms with van der Waals surface area (Å²) in [5.41, 5.74) is 0.485. The van der Waals surface area contributed by atoms with Crippen molar-refractivity contribution in [2.75, 3.05) is 7.11 Å². The van der Waals surface area contributed by atoms with Crippen molar-refractivity contribution in [3.63, 3.8) is 0 Å². The first-order valence-electron chi connectivity index (χ1n) is 4.43. The zero-order valence-electron chi connectivity index (χ0n) is 8.33. The van der Waals surface area contributed by atoms with Gasteiger partial charge in [0.15, 0.2) is 0 Å². The van der Waals surface area contributed by atoms with Gasteiger partial charge < -0.3 is 9.84 Å². The Morgan fingerprint density at radius 1 is 1.69 bits per heavy atom. The zero-order chi connectivity index (χ0) is 10.1. The molecule has 0 amide bonds. The van der Waals surface area contributed by atoms with Crippen LogP contribution in [0.5, 0.6) is 0 Å². The van der Waals surface area contributed by atoms with Gasteiger partial charge in [0.25, 0.3) is 0 Å². The van der Waals surface area contributed by atoms with Crippen LogP contribution in [-0.4, -0.2) is 24.3 Å². The molecule has 1 aliphatic carbocycles. The molecule has 0 spiro atoms. The number of rotatable bonds is 1. The fraction of sp³-hybridized carbons (Fsp3) is 0.700. The average molecular weight is 184 g/mol. The molecule has 0 aromatic rings. The van der Waals surface area contributed by atoms with Gasteiger partial charge in [-0.15, -0.1) is 0 Å². The number of carbonyl (C=O) groups is 1. The summed E-state index contributed by atoms with van der Waals surface area (Å²) < 4.78 is 4.56. The molecule has 1 unspecified atom stereocenters. The maximum absolute atomic E-state index is 11.1. The number of esters is 1. The van der Waals surface area contributed by atoms with Gasteiger partial charge >= 0.3 is 5.97 Å². The number of hydrogen-bond donors (Lipinski definition) is 1. The number of methoxy groups -OCH3 is 1. The Labute approximate surface area is 78.4 Å². The summed E-state index contributed by atoms with van der Waals surface area (Å²) in [6.07, 6.45) is 2.54. The van der Waals surface area contributed by atoms with Crippen molar-refractivity contribution in [1.29, 1.82) is 0 Å². The molecule has 0 heterocycles. The van der Waals surface area contributed by atoms with Crippen molar-refractivity contribution in [1.82, 2.24) is 0 Å². The van der Waals surface area contributed by atoms with Gasteiger partial charge in [0.1, 0.15) is 0 Å². The second kappa shape index (κ2) is 3.50. The lowest BCUT2D eigenvalue weighted by molar-refractivity contribution is -0.137. The Morgan fingerprint density at radius 3 is 2.77 bits per heavy atom. The highest BCUT2D eigenvalue weighted by atomic mass is 16.5. The van der Waals surface area contributed by atoms with Crippen LogP contribution in [-0.2, 0) is 9.53 Å². The first-order valence-corrected chi connectivity index (χ1v) is 4.43. The molecule has 0 radical (unpaired) electrons. The van der Waals surface area contributed by atoms with Crippen LogP contribution in [0.1, 0.15) is 26.7 Å². The average Bonchev–Trinajstić information content (AvgIpc) is 2.01. The highest BCUT2D eigenvalue weighted by Gasteiger charge is 2.31. The fourth-order valence-corrected chi connectivity index (χ4v) is 1.58. The normalized spacial score (nSPS) is 26.5. The molecule has 3 nitrogen and oxygen atoms in total. The first kappa shape index (κ1) is 10.3. The highest BCUT2D eigenvalue weighted by molar-refractivity contribution is 5.89. The number of carbonyl (C=O) groups excluding carboxylic acids is 1. The zero-order valence-corrected chi connectivity index (χ0v) is 8.33. The van der Waals surface area contributed by atoms with Crippen LogP contribution in [0.15, 0.2) is 11.6 Å². The second-order valence-corrected chi connectivity index (χ2v) is 4.24. The lowest BCUT2D eigenvalue weighted by atomic mass is 9.77. The monoisotopic (exact) mass is 184 g/mol. The van der Waals surface area contributed by atoms with Gasteiger partial charge in [0.2, 0.25) is 0 Å².